The van der Waals surface area contributed by atoms with Crippen LogP contribution in [0.25, 0.3) is 0 Å². The highest BCUT2D eigenvalue weighted by atomic mass is 16.2. The molecule has 0 N–H and O–H groups in total. The van der Waals surface area contributed by atoms with Crippen molar-refractivity contribution in [2.24, 2.45) is 34.5 Å². The Labute approximate surface area is 162 Å². The van der Waals surface area contributed by atoms with Crippen molar-refractivity contribution in [2.75, 3.05) is 14.1 Å². The number of hydrogen-bond acceptors (Lipinski definition) is 3. The number of Topliss-reactive ketones (excluding diaryl/α,β-unsaturated/α-hetero) is 2. The van der Waals surface area contributed by atoms with Crippen LogP contribution in [-0.2, 0) is 14.4 Å². The van der Waals surface area contributed by atoms with Gasteiger partial charge in [-0.15, -0.1) is 0 Å². The second-order valence-corrected chi connectivity index (χ2v) is 10.2. The first kappa shape index (κ1) is 18.9. The summed E-state index contributed by atoms with van der Waals surface area (Å²) >= 11 is 0. The Bertz CT molecular complexity index is 723. The number of nitrogens with zero attached hydrogens (tertiary/aromatic N) is 1. The van der Waals surface area contributed by atoms with E-state index in [1.807, 2.05) is 0 Å². The van der Waals surface area contributed by atoms with Crippen molar-refractivity contribution >= 4 is 17.5 Å². The van der Waals surface area contributed by atoms with Crippen molar-refractivity contribution in [1.82, 2.24) is 4.90 Å². The highest BCUT2D eigenvalue weighted by Crippen LogP contribution is 2.64. The van der Waals surface area contributed by atoms with Gasteiger partial charge in [0.2, 0.25) is 5.91 Å². The minimum absolute atomic E-state index is 0.0149. The first-order valence-electron chi connectivity index (χ1n) is 10.6. The molecule has 148 valence electrons. The molecular formula is C23H33NO3. The number of carbonyl (C=O) groups excluding carboxylic acids is 3. The molecule has 0 bridgehead atoms. The van der Waals surface area contributed by atoms with Crippen LogP contribution in [0.15, 0.2) is 11.6 Å². The molecule has 4 nitrogen and oxygen atoms in total. The molecule has 4 aliphatic rings. The van der Waals surface area contributed by atoms with Gasteiger partial charge in [-0.25, -0.2) is 0 Å². The lowest BCUT2D eigenvalue weighted by atomic mass is 9.47. The molecule has 0 aromatic rings. The van der Waals surface area contributed by atoms with Crippen molar-refractivity contribution in [3.8, 4) is 0 Å². The molecule has 6 atom stereocenters. The minimum Gasteiger partial charge on any atom is -0.349 e. The third kappa shape index (κ3) is 2.74. The molecule has 0 heterocycles. The Hall–Kier alpha value is -1.45. The summed E-state index contributed by atoms with van der Waals surface area (Å²) in [5.74, 6) is 2.21. The molecule has 3 fully saturated rings. The second kappa shape index (κ2) is 6.28. The van der Waals surface area contributed by atoms with E-state index in [0.717, 1.165) is 38.5 Å². The number of fused-ring (bicyclic) bond motifs is 5. The zero-order valence-electron chi connectivity index (χ0n) is 17.2. The molecule has 3 saturated carbocycles. The Morgan fingerprint density at radius 2 is 1.85 bits per heavy atom. The van der Waals surface area contributed by atoms with E-state index in [9.17, 15) is 14.4 Å². The second-order valence-electron chi connectivity index (χ2n) is 10.2. The molecule has 4 heteroatoms. The summed E-state index contributed by atoms with van der Waals surface area (Å²) in [6, 6.07) is 0. The quantitative estimate of drug-likeness (QED) is 0.694. The monoisotopic (exact) mass is 371 g/mol. The maximum atomic E-state index is 12.7. The molecule has 0 radical (unpaired) electrons. The van der Waals surface area contributed by atoms with E-state index in [0.29, 0.717) is 36.4 Å². The summed E-state index contributed by atoms with van der Waals surface area (Å²) in [6.45, 7) is 4.54. The van der Waals surface area contributed by atoms with Crippen LogP contribution in [0.3, 0.4) is 0 Å². The van der Waals surface area contributed by atoms with Crippen LogP contribution in [0.2, 0.25) is 0 Å². The predicted molar refractivity (Wildman–Crippen MR) is 104 cm³/mol. The van der Waals surface area contributed by atoms with Gasteiger partial charge in [-0.2, -0.15) is 0 Å². The van der Waals surface area contributed by atoms with E-state index >= 15 is 0 Å². The molecule has 0 aliphatic heterocycles. The third-order valence-electron chi connectivity index (χ3n) is 8.74. The molecule has 0 aromatic heterocycles. The topological polar surface area (TPSA) is 54.5 Å². The number of allylic oxidation sites excluding steroid dienone is 2. The maximum Gasteiger partial charge on any atom is 0.222 e. The number of carbonyl (C=O) groups is 3. The average Bonchev–Trinajstić information content (AvgIpc) is 2.91. The van der Waals surface area contributed by atoms with Crippen LogP contribution in [0.5, 0.6) is 0 Å². The molecule has 0 saturated heterocycles. The van der Waals surface area contributed by atoms with E-state index in [4.69, 9.17) is 0 Å². The fourth-order valence-corrected chi connectivity index (χ4v) is 7.02. The van der Waals surface area contributed by atoms with Crippen LogP contribution in [0, 0.1) is 34.5 Å². The Morgan fingerprint density at radius 3 is 2.56 bits per heavy atom. The van der Waals surface area contributed by atoms with Crippen LogP contribution in [0.4, 0.5) is 0 Å². The van der Waals surface area contributed by atoms with Gasteiger partial charge in [0.15, 0.2) is 0 Å². The van der Waals surface area contributed by atoms with Crippen molar-refractivity contribution in [2.45, 2.75) is 65.2 Å². The van der Waals surface area contributed by atoms with Crippen molar-refractivity contribution in [1.29, 1.82) is 0 Å². The molecule has 1 amide bonds. The first-order chi connectivity index (χ1) is 12.7. The van der Waals surface area contributed by atoms with Crippen molar-refractivity contribution < 1.29 is 14.4 Å². The van der Waals surface area contributed by atoms with Gasteiger partial charge in [0.25, 0.3) is 0 Å². The van der Waals surface area contributed by atoms with Crippen molar-refractivity contribution in [3.63, 3.8) is 0 Å². The summed E-state index contributed by atoms with van der Waals surface area (Å²) in [4.78, 5) is 39.1. The SMILES string of the molecule is CN(C)C(=O)CC1CC2(C)C(=CCC3C4CCC(=O)C4(C)CCC32)CC1=O. The number of amides is 1. The van der Waals surface area contributed by atoms with Crippen LogP contribution < -0.4 is 0 Å². The number of rotatable bonds is 2. The highest BCUT2D eigenvalue weighted by Gasteiger charge is 2.59. The first-order valence-corrected chi connectivity index (χ1v) is 10.6. The standard InChI is InChI=1S/C23H33NO3/c1-22-10-9-18-16(17(22)7-8-20(22)26)6-5-15-12-19(25)14(13-23(15,18)2)11-21(27)24(3)4/h5,14,16-18H,6-13H2,1-4H3. The molecule has 4 rings (SSSR count). The van der Waals surface area contributed by atoms with Gasteiger partial charge in [0, 0.05) is 44.7 Å². The summed E-state index contributed by atoms with van der Waals surface area (Å²) in [5, 5.41) is 0. The van der Waals surface area contributed by atoms with E-state index in [1.54, 1.807) is 19.0 Å². The zero-order chi connectivity index (χ0) is 19.6. The van der Waals surface area contributed by atoms with Crippen LogP contribution in [0.1, 0.15) is 65.2 Å². The Morgan fingerprint density at radius 1 is 1.15 bits per heavy atom. The number of hydrogen-bond donors (Lipinski definition) is 0. The average molecular weight is 372 g/mol. The zero-order valence-corrected chi connectivity index (χ0v) is 17.2. The molecule has 6 unspecified atom stereocenters. The smallest absolute Gasteiger partial charge is 0.222 e. The lowest BCUT2D eigenvalue weighted by molar-refractivity contribution is -0.138. The fraction of sp³-hybridized carbons (Fsp3) is 0.783. The lowest BCUT2D eigenvalue weighted by Gasteiger charge is -2.57. The predicted octanol–water partition coefficient (Wildman–Crippen LogP) is 3.79. The van der Waals surface area contributed by atoms with Crippen molar-refractivity contribution in [3.05, 3.63) is 11.6 Å². The fourth-order valence-electron chi connectivity index (χ4n) is 7.02. The van der Waals surface area contributed by atoms with Gasteiger partial charge in [-0.3, -0.25) is 14.4 Å². The largest absolute Gasteiger partial charge is 0.349 e. The van der Waals surface area contributed by atoms with Gasteiger partial charge in [0.1, 0.15) is 11.6 Å². The van der Waals surface area contributed by atoms with Crippen LogP contribution in [-0.4, -0.2) is 36.5 Å². The summed E-state index contributed by atoms with van der Waals surface area (Å²) in [5.41, 5.74) is 1.21. The van der Waals surface area contributed by atoms with Gasteiger partial charge in [-0.05, 0) is 55.3 Å². The molecule has 0 aromatic carbocycles. The van der Waals surface area contributed by atoms with E-state index in [1.165, 1.54) is 5.57 Å². The van der Waals surface area contributed by atoms with E-state index in [-0.39, 0.29) is 28.4 Å². The molecule has 0 spiro atoms. The summed E-state index contributed by atoms with van der Waals surface area (Å²) in [7, 11) is 3.52. The third-order valence-corrected chi connectivity index (χ3v) is 8.74. The lowest BCUT2D eigenvalue weighted by Crippen LogP contribution is -2.51. The Balaban J connectivity index is 1.62. The number of ketones is 2. The van der Waals surface area contributed by atoms with Gasteiger partial charge < -0.3 is 4.90 Å². The summed E-state index contributed by atoms with van der Waals surface area (Å²) in [6.07, 6.45) is 8.88. The molecule has 27 heavy (non-hydrogen) atoms. The maximum absolute atomic E-state index is 12.7. The van der Waals surface area contributed by atoms with Crippen LogP contribution >= 0.6 is 0 Å². The normalized spacial score (nSPS) is 43.5. The van der Waals surface area contributed by atoms with Gasteiger partial charge in [0.05, 0.1) is 0 Å². The molecule has 4 aliphatic carbocycles. The van der Waals surface area contributed by atoms with E-state index < -0.39 is 0 Å². The molecular weight excluding hydrogens is 338 g/mol. The summed E-state index contributed by atoms with van der Waals surface area (Å²) < 4.78 is 0. The minimum atomic E-state index is -0.153. The highest BCUT2D eigenvalue weighted by molar-refractivity contribution is 5.90. The van der Waals surface area contributed by atoms with Gasteiger partial charge in [-0.1, -0.05) is 25.5 Å². The Kier molecular flexibility index (Phi) is 4.40. The van der Waals surface area contributed by atoms with Gasteiger partial charge >= 0.3 is 0 Å². The van der Waals surface area contributed by atoms with E-state index in [2.05, 4.69) is 19.9 Å².